The average Bonchev–Trinajstić information content (AvgIpc) is 2.57. The molecule has 0 heterocycles. The number of aliphatic hydroxyl groups is 2. The molecule has 0 saturated carbocycles. The molecule has 6 nitrogen and oxygen atoms in total. The van der Waals surface area contributed by atoms with Crippen molar-refractivity contribution >= 4 is 11.6 Å². The molecule has 1 aromatic carbocycles. The minimum absolute atomic E-state index is 0.0615. The molecule has 0 amide bonds. The summed E-state index contributed by atoms with van der Waals surface area (Å²) >= 11 is 0. The third kappa shape index (κ3) is 3.64. The molecule has 122 valence electrons. The highest BCUT2D eigenvalue weighted by molar-refractivity contribution is 6.10. The third-order valence-corrected chi connectivity index (χ3v) is 3.44. The lowest BCUT2D eigenvalue weighted by atomic mass is 9.85. The molecule has 0 aromatic heterocycles. The van der Waals surface area contributed by atoms with E-state index in [2.05, 4.69) is 0 Å². The first-order chi connectivity index (χ1) is 10.4. The Morgan fingerprint density at radius 3 is 2.09 bits per heavy atom. The van der Waals surface area contributed by atoms with Crippen LogP contribution in [0.5, 0.6) is 11.5 Å². The maximum absolute atomic E-state index is 11.9. The number of benzene rings is 1. The molecule has 0 spiro atoms. The molecule has 1 atom stereocenters. The lowest BCUT2D eigenvalue weighted by Crippen LogP contribution is -2.57. The molecule has 0 bridgehead atoms. The van der Waals surface area contributed by atoms with Gasteiger partial charge in [0.2, 0.25) is 5.60 Å². The van der Waals surface area contributed by atoms with Gasteiger partial charge in [-0.3, -0.25) is 9.59 Å². The molecular formula is C16H22O6. The van der Waals surface area contributed by atoms with Gasteiger partial charge in [-0.05, 0) is 12.1 Å². The molecule has 2 N–H and O–H groups in total. The average molecular weight is 310 g/mol. The Labute approximate surface area is 129 Å². The summed E-state index contributed by atoms with van der Waals surface area (Å²) in [7, 11) is 1.47. The summed E-state index contributed by atoms with van der Waals surface area (Å²) in [5, 5.41) is 20.5. The van der Waals surface area contributed by atoms with E-state index in [9.17, 15) is 19.8 Å². The zero-order chi connectivity index (χ0) is 16.8. The maximum Gasteiger partial charge on any atom is 0.210 e. The summed E-state index contributed by atoms with van der Waals surface area (Å²) in [6.45, 7) is 2.63. The van der Waals surface area contributed by atoms with Gasteiger partial charge in [0.25, 0.3) is 0 Å². The zero-order valence-corrected chi connectivity index (χ0v) is 13.0. The van der Waals surface area contributed by atoms with E-state index in [0.29, 0.717) is 11.5 Å². The molecule has 6 heteroatoms. The number of ether oxygens (including phenoxy) is 2. The first-order valence-electron chi connectivity index (χ1n) is 7.14. The van der Waals surface area contributed by atoms with E-state index in [1.807, 2.05) is 0 Å². The fourth-order valence-electron chi connectivity index (χ4n) is 2.09. The van der Waals surface area contributed by atoms with Crippen molar-refractivity contribution in [1.82, 2.24) is 0 Å². The second-order valence-corrected chi connectivity index (χ2v) is 4.80. The molecule has 0 aliphatic rings. The van der Waals surface area contributed by atoms with Crippen molar-refractivity contribution in [2.24, 2.45) is 0 Å². The Balaban J connectivity index is 2.90. The maximum atomic E-state index is 11.9. The van der Waals surface area contributed by atoms with Gasteiger partial charge in [-0.2, -0.15) is 0 Å². The first-order valence-corrected chi connectivity index (χ1v) is 7.14. The highest BCUT2D eigenvalue weighted by atomic mass is 16.5. The highest BCUT2D eigenvalue weighted by Crippen LogP contribution is 2.27. The van der Waals surface area contributed by atoms with Crippen LogP contribution in [0.25, 0.3) is 0 Å². The number of hydrogen-bond donors (Lipinski definition) is 2. The van der Waals surface area contributed by atoms with Gasteiger partial charge >= 0.3 is 0 Å². The molecule has 0 radical (unpaired) electrons. The summed E-state index contributed by atoms with van der Waals surface area (Å²) in [5.41, 5.74) is -2.44. The summed E-state index contributed by atoms with van der Waals surface area (Å²) < 4.78 is 10.5. The van der Waals surface area contributed by atoms with Crippen molar-refractivity contribution < 1.29 is 29.3 Å². The van der Waals surface area contributed by atoms with E-state index in [0.717, 1.165) is 0 Å². The number of methoxy groups -OCH3 is 1. The van der Waals surface area contributed by atoms with Crippen LogP contribution in [0, 0.1) is 0 Å². The standard InChI is InChI=1S/C16H22O6/c1-4-13(17)16(20,14(18)5-2)15(19)10-22-12-9-7-6-8-11(12)21-3/h6-9,15,19-20H,4-5,10H2,1-3H3. The number of ketones is 2. The van der Waals surface area contributed by atoms with Crippen LogP contribution < -0.4 is 9.47 Å². The van der Waals surface area contributed by atoms with E-state index in [1.54, 1.807) is 24.3 Å². The van der Waals surface area contributed by atoms with Gasteiger partial charge in [0.1, 0.15) is 12.7 Å². The van der Waals surface area contributed by atoms with Crippen LogP contribution in [0.2, 0.25) is 0 Å². The topological polar surface area (TPSA) is 93.1 Å². The van der Waals surface area contributed by atoms with Crippen molar-refractivity contribution in [1.29, 1.82) is 0 Å². The number of rotatable bonds is 9. The van der Waals surface area contributed by atoms with Crippen molar-refractivity contribution in [2.45, 2.75) is 38.4 Å². The quantitative estimate of drug-likeness (QED) is 0.664. The Hall–Kier alpha value is -1.92. The van der Waals surface area contributed by atoms with Gasteiger partial charge in [-0.25, -0.2) is 0 Å². The third-order valence-electron chi connectivity index (χ3n) is 3.44. The molecule has 0 aliphatic carbocycles. The van der Waals surface area contributed by atoms with Gasteiger partial charge in [0.05, 0.1) is 7.11 Å². The van der Waals surface area contributed by atoms with Crippen LogP contribution in [0.15, 0.2) is 24.3 Å². The number of para-hydroxylation sites is 2. The minimum atomic E-state index is -2.44. The van der Waals surface area contributed by atoms with Gasteiger partial charge in [-0.1, -0.05) is 26.0 Å². The fraction of sp³-hybridized carbons (Fsp3) is 0.500. The number of carbonyl (C=O) groups excluding carboxylic acids is 2. The van der Waals surface area contributed by atoms with Crippen molar-refractivity contribution in [3.05, 3.63) is 24.3 Å². The first kappa shape index (κ1) is 18.1. The lowest BCUT2D eigenvalue weighted by molar-refractivity contribution is -0.165. The second-order valence-electron chi connectivity index (χ2n) is 4.80. The van der Waals surface area contributed by atoms with Crippen LogP contribution in [0.4, 0.5) is 0 Å². The van der Waals surface area contributed by atoms with Crippen LogP contribution in [0.3, 0.4) is 0 Å². The fourth-order valence-corrected chi connectivity index (χ4v) is 2.09. The monoisotopic (exact) mass is 310 g/mol. The number of Topliss-reactive ketones (excluding diaryl/α,β-unsaturated/α-hetero) is 2. The van der Waals surface area contributed by atoms with Gasteiger partial charge in [0, 0.05) is 12.8 Å². The Morgan fingerprint density at radius 1 is 1.14 bits per heavy atom. The molecule has 1 aromatic rings. The predicted octanol–water partition coefficient (Wildman–Crippen LogP) is 1.12. The Morgan fingerprint density at radius 2 is 1.64 bits per heavy atom. The Kier molecular flexibility index (Phi) is 6.52. The molecule has 1 rings (SSSR count). The minimum Gasteiger partial charge on any atom is -0.493 e. The molecule has 0 fully saturated rings. The number of aliphatic hydroxyl groups excluding tert-OH is 1. The summed E-state index contributed by atoms with van der Waals surface area (Å²) in [5.74, 6) is -0.660. The Bertz CT molecular complexity index is 509. The molecule has 0 aliphatic heterocycles. The van der Waals surface area contributed by atoms with Crippen LogP contribution in [-0.4, -0.2) is 47.2 Å². The number of hydrogen-bond acceptors (Lipinski definition) is 6. The van der Waals surface area contributed by atoms with E-state index in [4.69, 9.17) is 9.47 Å². The van der Waals surface area contributed by atoms with Gasteiger partial charge in [-0.15, -0.1) is 0 Å². The van der Waals surface area contributed by atoms with E-state index in [1.165, 1.54) is 21.0 Å². The zero-order valence-electron chi connectivity index (χ0n) is 13.0. The normalized spacial score (nSPS) is 12.6. The summed E-state index contributed by atoms with van der Waals surface area (Å²) in [4.78, 5) is 23.8. The van der Waals surface area contributed by atoms with E-state index < -0.39 is 29.9 Å². The van der Waals surface area contributed by atoms with Crippen molar-refractivity contribution in [2.75, 3.05) is 13.7 Å². The SMILES string of the molecule is CCC(=O)C(O)(C(=O)CC)C(O)COc1ccccc1OC. The molecule has 0 saturated heterocycles. The van der Waals surface area contributed by atoms with Crippen LogP contribution >= 0.6 is 0 Å². The van der Waals surface area contributed by atoms with Gasteiger partial charge in [0.15, 0.2) is 23.1 Å². The molecule has 1 unspecified atom stereocenters. The second kappa shape index (κ2) is 7.91. The predicted molar refractivity (Wildman–Crippen MR) is 80.0 cm³/mol. The van der Waals surface area contributed by atoms with Crippen molar-refractivity contribution in [3.63, 3.8) is 0 Å². The molecular weight excluding hydrogens is 288 g/mol. The van der Waals surface area contributed by atoms with Crippen molar-refractivity contribution in [3.8, 4) is 11.5 Å². The summed E-state index contributed by atoms with van der Waals surface area (Å²) in [6.07, 6.45) is -1.78. The van der Waals surface area contributed by atoms with Gasteiger partial charge < -0.3 is 19.7 Å². The summed E-state index contributed by atoms with van der Waals surface area (Å²) in [6, 6.07) is 6.75. The highest BCUT2D eigenvalue weighted by Gasteiger charge is 2.48. The smallest absolute Gasteiger partial charge is 0.210 e. The lowest BCUT2D eigenvalue weighted by Gasteiger charge is -2.29. The van der Waals surface area contributed by atoms with E-state index in [-0.39, 0.29) is 12.8 Å². The largest absolute Gasteiger partial charge is 0.493 e. The van der Waals surface area contributed by atoms with E-state index >= 15 is 0 Å². The van der Waals surface area contributed by atoms with Crippen LogP contribution in [0.1, 0.15) is 26.7 Å². The molecule has 22 heavy (non-hydrogen) atoms. The van der Waals surface area contributed by atoms with Crippen LogP contribution in [-0.2, 0) is 9.59 Å². The number of carbonyl (C=O) groups is 2.